The Kier molecular flexibility index (Phi) is 34.5. The standard InChI is InChI=1S/C47H83NO8/c1-3-5-7-9-11-13-15-17-19-20-21-22-23-25-27-29-31-33-35-37-43(51)48-40(39-55-47-46(54)45(53)44(52)42(38-49)56-47)41(50)36-34-32-30-28-26-24-18-16-14-12-10-8-6-4-2/h11,13-17,26,28,34,36,40-42,44-47,49-50,52-54H,3-10,12,18-25,27,29-33,35,37-39H2,1-2H3,(H,48,51)/b13-11-,16-14+,17-15-,28-26+,36-34+. The molecule has 6 N–H and O–H groups in total. The minimum atomic E-state index is -1.58. The van der Waals surface area contributed by atoms with E-state index in [0.717, 1.165) is 57.8 Å². The fraction of sp³-hybridized carbons (Fsp3) is 0.766. The first kappa shape index (κ1) is 51.9. The molecule has 7 unspecified atom stereocenters. The van der Waals surface area contributed by atoms with Crippen molar-refractivity contribution >= 4 is 5.91 Å². The molecule has 1 saturated heterocycles. The topological polar surface area (TPSA) is 149 Å². The van der Waals surface area contributed by atoms with Crippen LogP contribution < -0.4 is 5.32 Å². The molecule has 1 aliphatic heterocycles. The van der Waals surface area contributed by atoms with Crippen LogP contribution in [0, 0.1) is 0 Å². The van der Waals surface area contributed by atoms with Crippen LogP contribution in [0.1, 0.15) is 174 Å². The molecule has 0 bridgehead atoms. The third-order valence-corrected chi connectivity index (χ3v) is 10.3. The van der Waals surface area contributed by atoms with Crippen molar-refractivity contribution in [3.05, 3.63) is 60.8 Å². The third-order valence-electron chi connectivity index (χ3n) is 10.3. The molecule has 0 radical (unpaired) electrons. The van der Waals surface area contributed by atoms with Gasteiger partial charge in [-0.1, -0.05) is 158 Å². The highest BCUT2D eigenvalue weighted by molar-refractivity contribution is 5.76. The zero-order valence-corrected chi connectivity index (χ0v) is 35.4. The van der Waals surface area contributed by atoms with Crippen molar-refractivity contribution in [2.45, 2.75) is 217 Å². The minimum Gasteiger partial charge on any atom is -0.394 e. The van der Waals surface area contributed by atoms with Gasteiger partial charge in [0.1, 0.15) is 24.4 Å². The number of aliphatic hydroxyl groups excluding tert-OH is 5. The van der Waals surface area contributed by atoms with Crippen LogP contribution in [0.15, 0.2) is 60.8 Å². The van der Waals surface area contributed by atoms with Crippen molar-refractivity contribution in [1.29, 1.82) is 0 Å². The van der Waals surface area contributed by atoms with Gasteiger partial charge in [-0.05, 0) is 70.6 Å². The van der Waals surface area contributed by atoms with E-state index >= 15 is 0 Å². The molecule has 1 fully saturated rings. The molecule has 0 aromatic carbocycles. The summed E-state index contributed by atoms with van der Waals surface area (Å²) >= 11 is 0. The summed E-state index contributed by atoms with van der Waals surface area (Å²) in [7, 11) is 0. The second-order valence-corrected chi connectivity index (χ2v) is 15.5. The fourth-order valence-electron chi connectivity index (χ4n) is 6.65. The van der Waals surface area contributed by atoms with E-state index in [-0.39, 0.29) is 12.5 Å². The number of aliphatic hydroxyl groups is 5. The van der Waals surface area contributed by atoms with Gasteiger partial charge >= 0.3 is 0 Å². The Hall–Kier alpha value is -2.11. The predicted octanol–water partition coefficient (Wildman–Crippen LogP) is 9.22. The molecule has 0 aromatic heterocycles. The maximum Gasteiger partial charge on any atom is 0.220 e. The molecule has 0 saturated carbocycles. The summed E-state index contributed by atoms with van der Waals surface area (Å²) in [4.78, 5) is 12.9. The summed E-state index contributed by atoms with van der Waals surface area (Å²) in [5.41, 5.74) is 0. The van der Waals surface area contributed by atoms with Crippen LogP contribution >= 0.6 is 0 Å². The molecule has 56 heavy (non-hydrogen) atoms. The van der Waals surface area contributed by atoms with E-state index in [9.17, 15) is 30.3 Å². The van der Waals surface area contributed by atoms with E-state index in [0.29, 0.717) is 6.42 Å². The number of carbonyl (C=O) groups is 1. The number of amides is 1. The van der Waals surface area contributed by atoms with Gasteiger partial charge in [-0.2, -0.15) is 0 Å². The minimum absolute atomic E-state index is 0.198. The lowest BCUT2D eigenvalue weighted by Crippen LogP contribution is -2.60. The number of allylic oxidation sites excluding steroid dienone is 9. The maximum absolute atomic E-state index is 12.9. The fourth-order valence-corrected chi connectivity index (χ4v) is 6.65. The normalized spacial score (nSPS) is 21.7. The Labute approximate surface area is 341 Å². The third kappa shape index (κ3) is 27.5. The lowest BCUT2D eigenvalue weighted by Gasteiger charge is -2.40. The molecule has 0 spiro atoms. The monoisotopic (exact) mass is 790 g/mol. The van der Waals surface area contributed by atoms with E-state index < -0.39 is 49.5 Å². The van der Waals surface area contributed by atoms with Crippen molar-refractivity contribution in [1.82, 2.24) is 5.32 Å². The molecular weight excluding hydrogens is 707 g/mol. The molecule has 1 heterocycles. The van der Waals surface area contributed by atoms with E-state index in [1.807, 2.05) is 6.08 Å². The van der Waals surface area contributed by atoms with Gasteiger partial charge in [-0.15, -0.1) is 0 Å². The summed E-state index contributed by atoms with van der Waals surface area (Å²) < 4.78 is 11.2. The molecule has 7 atom stereocenters. The van der Waals surface area contributed by atoms with Crippen LogP contribution in [-0.4, -0.2) is 87.5 Å². The molecule has 0 aromatic rings. The number of unbranched alkanes of at least 4 members (excludes halogenated alkanes) is 19. The number of ether oxygens (including phenoxy) is 2. The van der Waals surface area contributed by atoms with E-state index in [1.165, 1.54) is 96.3 Å². The summed E-state index contributed by atoms with van der Waals surface area (Å²) in [5.74, 6) is -0.198. The Morgan fingerprint density at radius 3 is 1.64 bits per heavy atom. The van der Waals surface area contributed by atoms with E-state index in [1.54, 1.807) is 6.08 Å². The van der Waals surface area contributed by atoms with Crippen LogP contribution in [0.2, 0.25) is 0 Å². The summed E-state index contributed by atoms with van der Waals surface area (Å²) in [6.45, 7) is 3.68. The van der Waals surface area contributed by atoms with Gasteiger partial charge in [-0.25, -0.2) is 0 Å². The lowest BCUT2D eigenvalue weighted by atomic mass is 9.99. The first-order valence-corrected chi connectivity index (χ1v) is 22.5. The van der Waals surface area contributed by atoms with Crippen molar-refractivity contribution in [3.8, 4) is 0 Å². The average molecular weight is 790 g/mol. The first-order chi connectivity index (χ1) is 27.3. The van der Waals surface area contributed by atoms with Gasteiger partial charge < -0.3 is 40.3 Å². The summed E-state index contributed by atoms with van der Waals surface area (Å²) in [6.07, 6.45) is 41.1. The van der Waals surface area contributed by atoms with Gasteiger partial charge in [0.15, 0.2) is 6.29 Å². The molecule has 324 valence electrons. The molecule has 1 aliphatic rings. The van der Waals surface area contributed by atoms with Crippen molar-refractivity contribution in [2.75, 3.05) is 13.2 Å². The molecular formula is C47H83NO8. The zero-order chi connectivity index (χ0) is 40.9. The van der Waals surface area contributed by atoms with Crippen LogP contribution in [0.3, 0.4) is 0 Å². The van der Waals surface area contributed by atoms with Crippen molar-refractivity contribution < 1.29 is 39.8 Å². The number of hydrogen-bond acceptors (Lipinski definition) is 8. The average Bonchev–Trinajstić information content (AvgIpc) is 3.20. The van der Waals surface area contributed by atoms with Crippen molar-refractivity contribution in [2.24, 2.45) is 0 Å². The highest BCUT2D eigenvalue weighted by atomic mass is 16.7. The van der Waals surface area contributed by atoms with Crippen molar-refractivity contribution in [3.63, 3.8) is 0 Å². The molecule has 9 heteroatoms. The van der Waals surface area contributed by atoms with Crippen LogP contribution in [-0.2, 0) is 14.3 Å². The number of nitrogens with one attached hydrogen (secondary N) is 1. The quantitative estimate of drug-likeness (QED) is 0.0209. The van der Waals surface area contributed by atoms with Gasteiger partial charge in [0.2, 0.25) is 5.91 Å². The first-order valence-electron chi connectivity index (χ1n) is 22.5. The maximum atomic E-state index is 12.9. The molecule has 1 rings (SSSR count). The van der Waals surface area contributed by atoms with Gasteiger partial charge in [-0.3, -0.25) is 4.79 Å². The Morgan fingerprint density at radius 2 is 1.07 bits per heavy atom. The smallest absolute Gasteiger partial charge is 0.220 e. The zero-order valence-electron chi connectivity index (χ0n) is 35.4. The van der Waals surface area contributed by atoms with Crippen LogP contribution in [0.4, 0.5) is 0 Å². The SMILES string of the molecule is CCCCC/C=C\C=C/CCCCCCCCCCCCC(=O)NC(COC1OC(CO)C(O)C(O)C1O)C(O)/C=C/CC/C=C/CC/C=C/CCCCCC. The number of carbonyl (C=O) groups excluding carboxylic acids is 1. The van der Waals surface area contributed by atoms with Crippen LogP contribution in [0.25, 0.3) is 0 Å². The van der Waals surface area contributed by atoms with E-state index in [4.69, 9.17) is 9.47 Å². The largest absolute Gasteiger partial charge is 0.394 e. The van der Waals surface area contributed by atoms with Crippen LogP contribution in [0.5, 0.6) is 0 Å². The second kappa shape index (κ2) is 37.2. The number of hydrogen-bond donors (Lipinski definition) is 6. The number of rotatable bonds is 36. The molecule has 9 nitrogen and oxygen atoms in total. The molecule has 0 aliphatic carbocycles. The Morgan fingerprint density at radius 1 is 0.607 bits per heavy atom. The summed E-state index contributed by atoms with van der Waals surface area (Å²) in [5, 5.41) is 54.1. The van der Waals surface area contributed by atoms with Gasteiger partial charge in [0.05, 0.1) is 25.4 Å². The molecule has 1 amide bonds. The van der Waals surface area contributed by atoms with E-state index in [2.05, 4.69) is 67.8 Å². The van der Waals surface area contributed by atoms with Gasteiger partial charge in [0.25, 0.3) is 0 Å². The second-order valence-electron chi connectivity index (χ2n) is 15.5. The highest BCUT2D eigenvalue weighted by Crippen LogP contribution is 2.22. The van der Waals surface area contributed by atoms with Gasteiger partial charge in [0, 0.05) is 6.42 Å². The summed E-state index contributed by atoms with van der Waals surface area (Å²) in [6, 6.07) is -0.830. The highest BCUT2D eigenvalue weighted by Gasteiger charge is 2.44. The lowest BCUT2D eigenvalue weighted by molar-refractivity contribution is -0.302. The Balaban J connectivity index is 2.39. The Bertz CT molecular complexity index is 1060. The predicted molar refractivity (Wildman–Crippen MR) is 230 cm³/mol.